The van der Waals surface area contributed by atoms with Gasteiger partial charge in [0.05, 0.1) is 23.6 Å². The Kier molecular flexibility index (Phi) is 5.20. The summed E-state index contributed by atoms with van der Waals surface area (Å²) in [6.45, 7) is 1.97. The Balaban J connectivity index is 2.10. The molecule has 6 nitrogen and oxygen atoms in total. The lowest BCUT2D eigenvalue weighted by Crippen LogP contribution is -2.08. The van der Waals surface area contributed by atoms with E-state index in [4.69, 9.17) is 4.74 Å². The Bertz CT molecular complexity index is 970. The minimum absolute atomic E-state index is 0.152. The lowest BCUT2D eigenvalue weighted by Gasteiger charge is -2.00. The number of benzene rings is 1. The van der Waals surface area contributed by atoms with Crippen LogP contribution in [-0.2, 0) is 4.74 Å². The van der Waals surface area contributed by atoms with Crippen molar-refractivity contribution in [2.75, 3.05) is 6.61 Å². The summed E-state index contributed by atoms with van der Waals surface area (Å²) >= 11 is 0. The van der Waals surface area contributed by atoms with Crippen LogP contribution in [0.1, 0.15) is 28.7 Å². The fourth-order valence-corrected chi connectivity index (χ4v) is 2.41. The van der Waals surface area contributed by atoms with Gasteiger partial charge in [0.2, 0.25) is 0 Å². The number of rotatable bonds is 5. The number of carbonyl (C=O) groups is 1. The van der Waals surface area contributed by atoms with Gasteiger partial charge in [-0.25, -0.2) is 9.48 Å². The summed E-state index contributed by atoms with van der Waals surface area (Å²) < 4.78 is 6.68. The van der Waals surface area contributed by atoms with Gasteiger partial charge in [0, 0.05) is 18.0 Å². The molecule has 0 saturated heterocycles. The van der Waals surface area contributed by atoms with Crippen molar-refractivity contribution >= 4 is 17.6 Å². The van der Waals surface area contributed by atoms with Crippen molar-refractivity contribution < 1.29 is 9.53 Å². The first-order valence-corrected chi connectivity index (χ1v) is 8.08. The Morgan fingerprint density at radius 1 is 1.23 bits per heavy atom. The second-order valence-corrected chi connectivity index (χ2v) is 5.32. The van der Waals surface area contributed by atoms with Crippen LogP contribution in [0, 0.1) is 11.3 Å². The number of nitriles is 1. The number of hydrogen-bond donors (Lipinski definition) is 0. The lowest BCUT2D eigenvalue weighted by atomic mass is 10.1. The minimum Gasteiger partial charge on any atom is -0.461 e. The Hall–Kier alpha value is -3.72. The van der Waals surface area contributed by atoms with Crippen LogP contribution < -0.4 is 0 Å². The van der Waals surface area contributed by atoms with Crippen molar-refractivity contribution in [3.8, 4) is 11.8 Å². The van der Waals surface area contributed by atoms with E-state index in [9.17, 15) is 10.1 Å². The molecule has 0 atom stereocenters. The monoisotopic (exact) mass is 344 g/mol. The van der Waals surface area contributed by atoms with Crippen LogP contribution in [0.15, 0.2) is 60.9 Å². The minimum atomic E-state index is -0.535. The van der Waals surface area contributed by atoms with E-state index in [-0.39, 0.29) is 12.3 Å². The van der Waals surface area contributed by atoms with E-state index in [1.165, 1.54) is 0 Å². The summed E-state index contributed by atoms with van der Waals surface area (Å²) in [6.07, 6.45) is 4.91. The first-order valence-electron chi connectivity index (χ1n) is 8.08. The molecular formula is C20H16N4O2. The highest BCUT2D eigenvalue weighted by atomic mass is 16.5. The molecule has 0 amide bonds. The summed E-state index contributed by atoms with van der Waals surface area (Å²) in [7, 11) is 0. The molecule has 3 rings (SSSR count). The van der Waals surface area contributed by atoms with E-state index >= 15 is 0 Å². The molecule has 0 aliphatic rings. The van der Waals surface area contributed by atoms with E-state index < -0.39 is 5.97 Å². The molecular weight excluding hydrogens is 328 g/mol. The molecule has 0 N–H and O–H groups in total. The predicted octanol–water partition coefficient (Wildman–Crippen LogP) is 3.51. The molecule has 1 aromatic carbocycles. The van der Waals surface area contributed by atoms with Crippen molar-refractivity contribution in [3.63, 3.8) is 0 Å². The molecule has 0 fully saturated rings. The van der Waals surface area contributed by atoms with E-state index in [1.54, 1.807) is 48.3 Å². The van der Waals surface area contributed by atoms with Crippen molar-refractivity contribution in [2.24, 2.45) is 0 Å². The van der Waals surface area contributed by atoms with Crippen molar-refractivity contribution in [3.05, 3.63) is 77.9 Å². The molecule has 26 heavy (non-hydrogen) atoms. The molecule has 0 aliphatic carbocycles. The third-order valence-corrected chi connectivity index (χ3v) is 3.59. The first kappa shape index (κ1) is 17.1. The van der Waals surface area contributed by atoms with Crippen LogP contribution in [0.4, 0.5) is 0 Å². The summed E-state index contributed by atoms with van der Waals surface area (Å²) in [5.41, 5.74) is 2.31. The summed E-state index contributed by atoms with van der Waals surface area (Å²) in [5, 5.41) is 13.8. The molecule has 0 unspecified atom stereocenters. The maximum atomic E-state index is 12.3. The van der Waals surface area contributed by atoms with Gasteiger partial charge < -0.3 is 4.74 Å². The zero-order valence-corrected chi connectivity index (χ0v) is 14.2. The number of aromatic nitrogens is 3. The molecule has 0 saturated carbocycles. The van der Waals surface area contributed by atoms with Crippen molar-refractivity contribution in [1.82, 2.24) is 14.8 Å². The average molecular weight is 344 g/mol. The van der Waals surface area contributed by atoms with Gasteiger partial charge in [0.15, 0.2) is 5.69 Å². The van der Waals surface area contributed by atoms with Crippen LogP contribution >= 0.6 is 0 Å². The molecule has 0 radical (unpaired) electrons. The van der Waals surface area contributed by atoms with Crippen LogP contribution in [0.2, 0.25) is 0 Å². The first-order chi connectivity index (χ1) is 12.7. The van der Waals surface area contributed by atoms with E-state index in [2.05, 4.69) is 16.2 Å². The molecule has 2 aromatic heterocycles. The summed E-state index contributed by atoms with van der Waals surface area (Å²) in [4.78, 5) is 16.5. The van der Waals surface area contributed by atoms with Gasteiger partial charge in [0.25, 0.3) is 0 Å². The molecule has 128 valence electrons. The van der Waals surface area contributed by atoms with Gasteiger partial charge in [-0.2, -0.15) is 10.4 Å². The van der Waals surface area contributed by atoms with Crippen LogP contribution in [0.3, 0.4) is 0 Å². The van der Waals surface area contributed by atoms with Gasteiger partial charge in [0.1, 0.15) is 6.07 Å². The Morgan fingerprint density at radius 2 is 2.00 bits per heavy atom. The summed E-state index contributed by atoms with van der Waals surface area (Å²) in [6, 6.07) is 16.8. The van der Waals surface area contributed by atoms with Crippen LogP contribution in [0.25, 0.3) is 17.3 Å². The highest BCUT2D eigenvalue weighted by Crippen LogP contribution is 2.20. The van der Waals surface area contributed by atoms with Gasteiger partial charge >= 0.3 is 5.97 Å². The number of ether oxygens (including phenoxy) is 1. The van der Waals surface area contributed by atoms with Crippen molar-refractivity contribution in [2.45, 2.75) is 6.92 Å². The van der Waals surface area contributed by atoms with Crippen LogP contribution in [0.5, 0.6) is 0 Å². The number of nitrogens with zero attached hydrogens (tertiary/aromatic N) is 4. The van der Waals surface area contributed by atoms with Gasteiger partial charge in [-0.1, -0.05) is 24.3 Å². The zero-order chi connectivity index (χ0) is 18.4. The SMILES string of the molecule is CCOC(=O)c1nn(-c2ccccc2)cc1/C=C(\C#N)c1ccccn1. The molecule has 6 heteroatoms. The second kappa shape index (κ2) is 7.90. The van der Waals surface area contributed by atoms with Gasteiger partial charge in [-0.3, -0.25) is 4.98 Å². The molecule has 2 heterocycles. The fraction of sp³-hybridized carbons (Fsp3) is 0.100. The Morgan fingerprint density at radius 3 is 2.65 bits per heavy atom. The maximum absolute atomic E-state index is 12.3. The van der Waals surface area contributed by atoms with Crippen molar-refractivity contribution in [1.29, 1.82) is 5.26 Å². The normalized spacial score (nSPS) is 11.0. The zero-order valence-electron chi connectivity index (χ0n) is 14.2. The van der Waals surface area contributed by atoms with E-state index in [0.717, 1.165) is 5.69 Å². The predicted molar refractivity (Wildman–Crippen MR) is 97.2 cm³/mol. The molecule has 0 spiro atoms. The second-order valence-electron chi connectivity index (χ2n) is 5.32. The van der Waals surface area contributed by atoms with Gasteiger partial charge in [-0.15, -0.1) is 0 Å². The van der Waals surface area contributed by atoms with Gasteiger partial charge in [-0.05, 0) is 37.3 Å². The number of allylic oxidation sites excluding steroid dienone is 1. The lowest BCUT2D eigenvalue weighted by molar-refractivity contribution is 0.0518. The number of pyridine rings is 1. The van der Waals surface area contributed by atoms with E-state index in [1.807, 2.05) is 30.3 Å². The number of para-hydroxylation sites is 1. The average Bonchev–Trinajstić information content (AvgIpc) is 3.12. The molecule has 0 aliphatic heterocycles. The topological polar surface area (TPSA) is 80.8 Å². The third-order valence-electron chi connectivity index (χ3n) is 3.59. The number of esters is 1. The third kappa shape index (κ3) is 3.68. The number of carbonyl (C=O) groups excluding carboxylic acids is 1. The summed E-state index contributed by atoms with van der Waals surface area (Å²) in [5.74, 6) is -0.535. The highest BCUT2D eigenvalue weighted by Gasteiger charge is 2.18. The fourth-order valence-electron chi connectivity index (χ4n) is 2.41. The van der Waals surface area contributed by atoms with E-state index in [0.29, 0.717) is 16.8 Å². The highest BCUT2D eigenvalue weighted by molar-refractivity contribution is 5.96. The Labute approximate surface area is 151 Å². The maximum Gasteiger partial charge on any atom is 0.359 e. The van der Waals surface area contributed by atoms with Crippen LogP contribution in [-0.4, -0.2) is 27.3 Å². The quantitative estimate of drug-likeness (QED) is 0.522. The number of hydrogen-bond acceptors (Lipinski definition) is 5. The largest absolute Gasteiger partial charge is 0.461 e. The molecule has 3 aromatic rings. The smallest absolute Gasteiger partial charge is 0.359 e. The standard InChI is InChI=1S/C20H16N4O2/c1-2-26-20(25)19-16(12-15(13-21)18-10-6-7-11-22-18)14-24(23-19)17-8-4-3-5-9-17/h3-12,14H,2H2,1H3/b15-12+. The molecule has 0 bridgehead atoms.